The predicted octanol–water partition coefficient (Wildman–Crippen LogP) is 5.81. The molecule has 1 amide bonds. The third kappa shape index (κ3) is 3.96. The van der Waals surface area contributed by atoms with Crippen molar-refractivity contribution in [1.82, 2.24) is 9.88 Å². The number of rotatable bonds is 4. The normalized spacial score (nSPS) is 14.4. The van der Waals surface area contributed by atoms with E-state index in [9.17, 15) is 4.79 Å². The molecular weight excluding hydrogens is 410 g/mol. The van der Waals surface area contributed by atoms with Gasteiger partial charge in [-0.1, -0.05) is 26.0 Å². The molecule has 0 spiro atoms. The Morgan fingerprint density at radius 1 is 1.18 bits per heavy atom. The molecule has 1 aliphatic rings. The van der Waals surface area contributed by atoms with Gasteiger partial charge in [-0.05, 0) is 38.0 Å². The van der Waals surface area contributed by atoms with Crippen LogP contribution in [-0.2, 0) is 17.8 Å². The van der Waals surface area contributed by atoms with Gasteiger partial charge in [0.2, 0.25) is 5.91 Å². The number of carbonyl (C=O) groups is 1. The topological polar surface area (TPSA) is 45.2 Å². The van der Waals surface area contributed by atoms with E-state index < -0.39 is 0 Å². The smallest absolute Gasteiger partial charge is 0.227 e. The van der Waals surface area contributed by atoms with E-state index in [0.29, 0.717) is 6.04 Å². The second-order valence-electron chi connectivity index (χ2n) is 7.65. The summed E-state index contributed by atoms with van der Waals surface area (Å²) in [5.41, 5.74) is 3.54. The highest BCUT2D eigenvalue weighted by molar-refractivity contribution is 7.22. The monoisotopic (exact) mass is 435 g/mol. The van der Waals surface area contributed by atoms with Crippen molar-refractivity contribution in [3.05, 3.63) is 34.7 Å². The van der Waals surface area contributed by atoms with E-state index in [-0.39, 0.29) is 24.2 Å². The van der Waals surface area contributed by atoms with E-state index in [4.69, 9.17) is 4.98 Å². The molecule has 3 aromatic rings. The number of halogens is 1. The molecule has 0 saturated heterocycles. The second-order valence-corrected chi connectivity index (χ2v) is 9.79. The van der Waals surface area contributed by atoms with Gasteiger partial charge in [0, 0.05) is 35.5 Å². The number of fused-ring (bicyclic) bond motifs is 2. The number of thiophene rings is 1. The van der Waals surface area contributed by atoms with Crippen LogP contribution in [0.5, 0.6) is 0 Å². The Balaban J connectivity index is 0.00000225. The van der Waals surface area contributed by atoms with Gasteiger partial charge >= 0.3 is 0 Å². The lowest BCUT2D eigenvalue weighted by Crippen LogP contribution is -2.35. The molecule has 3 heterocycles. The third-order valence-electron chi connectivity index (χ3n) is 5.09. The van der Waals surface area contributed by atoms with Gasteiger partial charge in [0.15, 0.2) is 0 Å². The van der Waals surface area contributed by atoms with Gasteiger partial charge in [-0.25, -0.2) is 4.98 Å². The van der Waals surface area contributed by atoms with E-state index in [0.717, 1.165) is 40.6 Å². The fraction of sp³-hybridized carbons (Fsp3) is 0.429. The molecule has 0 saturated carbocycles. The van der Waals surface area contributed by atoms with Crippen LogP contribution in [0.15, 0.2) is 24.3 Å². The number of nitrogens with zero attached hydrogens (tertiary/aromatic N) is 2. The van der Waals surface area contributed by atoms with Gasteiger partial charge in [0.25, 0.3) is 0 Å². The van der Waals surface area contributed by atoms with Crippen molar-refractivity contribution in [3.63, 3.8) is 0 Å². The Morgan fingerprint density at radius 2 is 1.93 bits per heavy atom. The Kier molecular flexibility index (Phi) is 6.44. The number of amides is 1. The standard InChI is InChI=1S/C21H25N3OS2.ClH/c1-12(2)19(25)23-21-18(20-22-15-7-5-6-8-16(15)26-20)14-9-10-24(13(3)4)11-17(14)27-21;/h5-8,12-13H,9-11H2,1-4H3,(H,23,25);1H. The minimum absolute atomic E-state index is 0. The number of nitrogens with one attached hydrogen (secondary N) is 1. The van der Waals surface area contributed by atoms with Crippen LogP contribution >= 0.6 is 35.1 Å². The fourth-order valence-corrected chi connectivity index (χ4v) is 5.80. The van der Waals surface area contributed by atoms with Crippen molar-refractivity contribution < 1.29 is 4.79 Å². The van der Waals surface area contributed by atoms with Crippen LogP contribution < -0.4 is 5.32 Å². The number of hydrogen-bond donors (Lipinski definition) is 1. The maximum absolute atomic E-state index is 12.4. The molecular formula is C21H26ClN3OS2. The molecule has 0 aliphatic carbocycles. The SMILES string of the molecule is CC(C)C(=O)Nc1sc2c(c1-c1nc3ccccc3s1)CCN(C(C)C)C2.Cl. The predicted molar refractivity (Wildman–Crippen MR) is 123 cm³/mol. The molecule has 0 fully saturated rings. The molecule has 1 N–H and O–H groups in total. The number of hydrogen-bond acceptors (Lipinski definition) is 5. The van der Waals surface area contributed by atoms with Crippen molar-refractivity contribution in [2.24, 2.45) is 5.92 Å². The first-order valence-corrected chi connectivity index (χ1v) is 11.1. The summed E-state index contributed by atoms with van der Waals surface area (Å²) in [5.74, 6) is 0.0242. The highest BCUT2D eigenvalue weighted by atomic mass is 35.5. The van der Waals surface area contributed by atoms with Crippen LogP contribution in [0.25, 0.3) is 20.8 Å². The average Bonchev–Trinajstić information content (AvgIpc) is 3.20. The molecule has 150 valence electrons. The number of anilines is 1. The Morgan fingerprint density at radius 3 is 2.61 bits per heavy atom. The van der Waals surface area contributed by atoms with Gasteiger partial charge in [-0.2, -0.15) is 0 Å². The van der Waals surface area contributed by atoms with E-state index >= 15 is 0 Å². The maximum atomic E-state index is 12.4. The molecule has 1 aliphatic heterocycles. The molecule has 0 radical (unpaired) electrons. The first-order chi connectivity index (χ1) is 12.9. The van der Waals surface area contributed by atoms with Crippen molar-refractivity contribution in [2.45, 2.75) is 46.7 Å². The molecule has 0 bridgehead atoms. The first kappa shape index (κ1) is 21.2. The van der Waals surface area contributed by atoms with Gasteiger partial charge in [-0.15, -0.1) is 35.1 Å². The first-order valence-electron chi connectivity index (χ1n) is 9.49. The lowest BCUT2D eigenvalue weighted by Gasteiger charge is -2.30. The van der Waals surface area contributed by atoms with Gasteiger partial charge in [0.05, 0.1) is 10.2 Å². The maximum Gasteiger partial charge on any atom is 0.227 e. The zero-order chi connectivity index (χ0) is 19.1. The summed E-state index contributed by atoms with van der Waals surface area (Å²) in [5, 5.41) is 5.16. The van der Waals surface area contributed by atoms with Crippen LogP contribution in [0.4, 0.5) is 5.00 Å². The van der Waals surface area contributed by atoms with Crippen LogP contribution in [0, 0.1) is 5.92 Å². The van der Waals surface area contributed by atoms with Crippen molar-refractivity contribution in [2.75, 3.05) is 11.9 Å². The zero-order valence-corrected chi connectivity index (χ0v) is 19.1. The molecule has 1 aromatic carbocycles. The molecule has 28 heavy (non-hydrogen) atoms. The number of benzene rings is 1. The Labute approximate surface area is 180 Å². The molecule has 2 aromatic heterocycles. The molecule has 4 nitrogen and oxygen atoms in total. The average molecular weight is 436 g/mol. The summed E-state index contributed by atoms with van der Waals surface area (Å²) in [6, 6.07) is 8.77. The summed E-state index contributed by atoms with van der Waals surface area (Å²) in [6.45, 7) is 10.4. The van der Waals surface area contributed by atoms with E-state index in [2.05, 4.69) is 42.3 Å². The molecule has 7 heteroatoms. The van der Waals surface area contributed by atoms with Gasteiger partial charge < -0.3 is 5.32 Å². The lowest BCUT2D eigenvalue weighted by atomic mass is 10.0. The molecule has 0 unspecified atom stereocenters. The number of para-hydroxylation sites is 1. The van der Waals surface area contributed by atoms with E-state index in [1.54, 1.807) is 22.7 Å². The lowest BCUT2D eigenvalue weighted by molar-refractivity contribution is -0.118. The summed E-state index contributed by atoms with van der Waals surface area (Å²) >= 11 is 3.44. The minimum Gasteiger partial charge on any atom is -0.317 e. The summed E-state index contributed by atoms with van der Waals surface area (Å²) in [4.78, 5) is 21.2. The van der Waals surface area contributed by atoms with Crippen LogP contribution in [0.1, 0.15) is 38.1 Å². The number of carbonyl (C=O) groups excluding carboxylic acids is 1. The molecule has 0 atom stereocenters. The zero-order valence-electron chi connectivity index (χ0n) is 16.6. The van der Waals surface area contributed by atoms with E-state index in [1.165, 1.54) is 15.1 Å². The summed E-state index contributed by atoms with van der Waals surface area (Å²) in [6.07, 6.45) is 1.01. The Bertz CT molecular complexity index is 960. The molecule has 4 rings (SSSR count). The number of thiazole rings is 1. The van der Waals surface area contributed by atoms with Gasteiger partial charge in [-0.3, -0.25) is 9.69 Å². The second kappa shape index (κ2) is 8.49. The number of aromatic nitrogens is 1. The van der Waals surface area contributed by atoms with Crippen LogP contribution in [-0.4, -0.2) is 28.4 Å². The summed E-state index contributed by atoms with van der Waals surface area (Å²) < 4.78 is 1.19. The minimum atomic E-state index is -0.0421. The quantitative estimate of drug-likeness (QED) is 0.562. The summed E-state index contributed by atoms with van der Waals surface area (Å²) in [7, 11) is 0. The van der Waals surface area contributed by atoms with Crippen molar-refractivity contribution >= 4 is 56.2 Å². The van der Waals surface area contributed by atoms with Crippen LogP contribution in [0.3, 0.4) is 0 Å². The Hall–Kier alpha value is -1.47. The fourth-order valence-electron chi connectivity index (χ4n) is 3.41. The van der Waals surface area contributed by atoms with Gasteiger partial charge in [0.1, 0.15) is 10.0 Å². The van der Waals surface area contributed by atoms with Crippen molar-refractivity contribution in [3.8, 4) is 10.6 Å². The highest BCUT2D eigenvalue weighted by Crippen LogP contribution is 2.45. The van der Waals surface area contributed by atoms with Crippen LogP contribution in [0.2, 0.25) is 0 Å². The highest BCUT2D eigenvalue weighted by Gasteiger charge is 2.28. The van der Waals surface area contributed by atoms with E-state index in [1.807, 2.05) is 19.9 Å². The van der Waals surface area contributed by atoms with Crippen molar-refractivity contribution in [1.29, 1.82) is 0 Å². The largest absolute Gasteiger partial charge is 0.317 e. The third-order valence-corrected chi connectivity index (χ3v) is 7.27.